The molecule has 2 fully saturated rings. The van der Waals surface area contributed by atoms with Crippen LogP contribution in [0.3, 0.4) is 0 Å². The van der Waals surface area contributed by atoms with E-state index in [1.165, 1.54) is 18.9 Å². The molecule has 8 heteroatoms. The number of halogens is 3. The Bertz CT molecular complexity index is 593. The molecule has 0 spiro atoms. The first-order valence-corrected chi connectivity index (χ1v) is 9.17. The van der Waals surface area contributed by atoms with E-state index in [4.69, 9.17) is 4.74 Å². The predicted molar refractivity (Wildman–Crippen MR) is 89.8 cm³/mol. The van der Waals surface area contributed by atoms with E-state index in [-0.39, 0.29) is 24.1 Å². The first-order chi connectivity index (χ1) is 12.4. The third-order valence-electron chi connectivity index (χ3n) is 5.05. The van der Waals surface area contributed by atoms with Crippen LogP contribution in [0.25, 0.3) is 0 Å². The van der Waals surface area contributed by atoms with Crippen molar-refractivity contribution in [2.24, 2.45) is 0 Å². The maximum atomic E-state index is 12.5. The average Bonchev–Trinajstić information content (AvgIpc) is 3.09. The van der Waals surface area contributed by atoms with Crippen molar-refractivity contribution in [2.45, 2.75) is 75.7 Å². The van der Waals surface area contributed by atoms with Crippen LogP contribution in [0, 0.1) is 0 Å². The monoisotopic (exact) mass is 371 g/mol. The zero-order valence-electron chi connectivity index (χ0n) is 14.5. The van der Waals surface area contributed by atoms with E-state index in [1.54, 1.807) is 0 Å². The summed E-state index contributed by atoms with van der Waals surface area (Å²) in [5.41, 5.74) is -0.786. The van der Waals surface area contributed by atoms with Gasteiger partial charge in [0, 0.05) is 24.3 Å². The van der Waals surface area contributed by atoms with Gasteiger partial charge in [0.2, 0.25) is 5.88 Å². The lowest BCUT2D eigenvalue weighted by Crippen LogP contribution is -2.47. The van der Waals surface area contributed by atoms with Crippen LogP contribution in [0.2, 0.25) is 0 Å². The molecule has 3 rings (SSSR count). The molecule has 0 unspecified atom stereocenters. The summed E-state index contributed by atoms with van der Waals surface area (Å²) in [4.78, 5) is 15.7. The number of alkyl halides is 3. The summed E-state index contributed by atoms with van der Waals surface area (Å²) in [6, 6.07) is 2.52. The molecule has 0 aliphatic heterocycles. The molecule has 5 nitrogen and oxygen atoms in total. The Morgan fingerprint density at radius 1 is 1.00 bits per heavy atom. The molecule has 0 bridgehead atoms. The Kier molecular flexibility index (Phi) is 5.88. The molecule has 144 valence electrons. The van der Waals surface area contributed by atoms with Crippen molar-refractivity contribution < 1.29 is 22.7 Å². The van der Waals surface area contributed by atoms with Crippen molar-refractivity contribution in [3.63, 3.8) is 0 Å². The van der Waals surface area contributed by atoms with Gasteiger partial charge in [0.25, 0.3) is 0 Å². The normalized spacial score (nSPS) is 24.3. The fourth-order valence-corrected chi connectivity index (χ4v) is 3.60. The summed E-state index contributed by atoms with van der Waals surface area (Å²) >= 11 is 0. The number of pyridine rings is 1. The zero-order valence-corrected chi connectivity index (χ0v) is 14.5. The number of rotatable bonds is 4. The lowest BCUT2D eigenvalue weighted by atomic mass is 9.93. The summed E-state index contributed by atoms with van der Waals surface area (Å²) in [6.45, 7) is 0. The highest BCUT2D eigenvalue weighted by molar-refractivity contribution is 5.74. The number of hydrogen-bond acceptors (Lipinski definition) is 3. The molecule has 1 aromatic heterocycles. The van der Waals surface area contributed by atoms with Crippen LogP contribution in [0.15, 0.2) is 18.3 Å². The lowest BCUT2D eigenvalue weighted by Gasteiger charge is -2.29. The van der Waals surface area contributed by atoms with Gasteiger partial charge in [0.1, 0.15) is 6.10 Å². The second kappa shape index (κ2) is 8.14. The van der Waals surface area contributed by atoms with Crippen molar-refractivity contribution in [3.8, 4) is 5.88 Å². The van der Waals surface area contributed by atoms with E-state index in [0.717, 1.165) is 50.8 Å². The third kappa shape index (κ3) is 5.25. The van der Waals surface area contributed by atoms with Gasteiger partial charge in [-0.2, -0.15) is 13.2 Å². The standard InChI is InChI=1S/C18H24F3N3O2/c19-18(20,21)12-5-10-16(22-11-12)26-15-8-6-14(7-9-15)24-17(25)23-13-3-1-2-4-13/h5,10-11,13-15H,1-4,6-9H2,(H2,23,24,25). The number of urea groups is 1. The number of carbonyl (C=O) groups excluding carboxylic acids is 1. The number of nitrogens with zero attached hydrogens (tertiary/aromatic N) is 1. The maximum absolute atomic E-state index is 12.5. The Labute approximate surface area is 150 Å². The topological polar surface area (TPSA) is 63.2 Å². The van der Waals surface area contributed by atoms with Gasteiger partial charge in [0.15, 0.2) is 0 Å². The second-order valence-electron chi connectivity index (χ2n) is 7.07. The van der Waals surface area contributed by atoms with Crippen molar-refractivity contribution in [1.29, 1.82) is 0 Å². The molecule has 1 heterocycles. The van der Waals surface area contributed by atoms with Crippen molar-refractivity contribution in [3.05, 3.63) is 23.9 Å². The van der Waals surface area contributed by atoms with Gasteiger partial charge >= 0.3 is 12.2 Å². The first kappa shape index (κ1) is 18.8. The van der Waals surface area contributed by atoms with E-state index in [1.807, 2.05) is 0 Å². The minimum Gasteiger partial charge on any atom is -0.474 e. The Balaban J connectivity index is 1.40. The lowest BCUT2D eigenvalue weighted by molar-refractivity contribution is -0.137. The second-order valence-corrected chi connectivity index (χ2v) is 7.07. The van der Waals surface area contributed by atoms with E-state index in [2.05, 4.69) is 15.6 Å². The molecule has 0 radical (unpaired) electrons. The fourth-order valence-electron chi connectivity index (χ4n) is 3.60. The van der Waals surface area contributed by atoms with Crippen LogP contribution in [-0.4, -0.2) is 29.2 Å². The largest absolute Gasteiger partial charge is 0.474 e. The highest BCUT2D eigenvalue weighted by atomic mass is 19.4. The van der Waals surface area contributed by atoms with Gasteiger partial charge in [-0.25, -0.2) is 9.78 Å². The molecule has 2 saturated carbocycles. The molecular weight excluding hydrogens is 347 g/mol. The Morgan fingerprint density at radius 3 is 2.15 bits per heavy atom. The minimum atomic E-state index is -4.39. The maximum Gasteiger partial charge on any atom is 0.417 e. The van der Waals surface area contributed by atoms with Gasteiger partial charge in [-0.1, -0.05) is 12.8 Å². The number of amides is 2. The first-order valence-electron chi connectivity index (χ1n) is 9.17. The molecule has 2 aliphatic carbocycles. The average molecular weight is 371 g/mol. The van der Waals surface area contributed by atoms with Gasteiger partial charge in [-0.15, -0.1) is 0 Å². The van der Waals surface area contributed by atoms with Crippen LogP contribution >= 0.6 is 0 Å². The number of carbonyl (C=O) groups is 1. The van der Waals surface area contributed by atoms with Gasteiger partial charge in [0.05, 0.1) is 5.56 Å². The number of hydrogen-bond donors (Lipinski definition) is 2. The molecule has 0 aromatic carbocycles. The summed E-state index contributed by atoms with van der Waals surface area (Å²) < 4.78 is 43.3. The number of ether oxygens (including phenoxy) is 1. The summed E-state index contributed by atoms with van der Waals surface area (Å²) in [5, 5.41) is 6.02. The van der Waals surface area contributed by atoms with Crippen LogP contribution < -0.4 is 15.4 Å². The highest BCUT2D eigenvalue weighted by Gasteiger charge is 2.31. The third-order valence-corrected chi connectivity index (χ3v) is 5.05. The number of nitrogens with one attached hydrogen (secondary N) is 2. The van der Waals surface area contributed by atoms with Crippen molar-refractivity contribution in [2.75, 3.05) is 0 Å². The van der Waals surface area contributed by atoms with E-state index >= 15 is 0 Å². The Morgan fingerprint density at radius 2 is 1.62 bits per heavy atom. The smallest absolute Gasteiger partial charge is 0.417 e. The molecule has 0 atom stereocenters. The highest BCUT2D eigenvalue weighted by Crippen LogP contribution is 2.30. The van der Waals surface area contributed by atoms with Crippen molar-refractivity contribution >= 4 is 6.03 Å². The van der Waals surface area contributed by atoms with Gasteiger partial charge < -0.3 is 15.4 Å². The minimum absolute atomic E-state index is 0.0878. The molecule has 2 N–H and O–H groups in total. The molecule has 2 aliphatic rings. The quantitative estimate of drug-likeness (QED) is 0.840. The molecule has 2 amide bonds. The van der Waals surface area contributed by atoms with Crippen LogP contribution in [-0.2, 0) is 6.18 Å². The summed E-state index contributed by atoms with van der Waals surface area (Å²) in [6.07, 6.45) is 3.78. The summed E-state index contributed by atoms with van der Waals surface area (Å²) in [5.74, 6) is 0.202. The SMILES string of the molecule is O=C(NC1CCCC1)NC1CCC(Oc2ccc(C(F)(F)F)cn2)CC1. The van der Waals surface area contributed by atoms with E-state index in [9.17, 15) is 18.0 Å². The fraction of sp³-hybridized carbons (Fsp3) is 0.667. The van der Waals surface area contributed by atoms with Crippen molar-refractivity contribution in [1.82, 2.24) is 15.6 Å². The molecule has 26 heavy (non-hydrogen) atoms. The molecule has 0 saturated heterocycles. The van der Waals surface area contributed by atoms with Crippen LogP contribution in [0.4, 0.5) is 18.0 Å². The van der Waals surface area contributed by atoms with Crippen LogP contribution in [0.5, 0.6) is 5.88 Å². The molecular formula is C18H24F3N3O2. The zero-order chi connectivity index (χ0) is 18.6. The Hall–Kier alpha value is -1.99. The van der Waals surface area contributed by atoms with E-state index in [0.29, 0.717) is 6.04 Å². The summed E-state index contributed by atoms with van der Waals surface area (Å²) in [7, 11) is 0. The van der Waals surface area contributed by atoms with Crippen LogP contribution in [0.1, 0.15) is 56.9 Å². The van der Waals surface area contributed by atoms with E-state index < -0.39 is 11.7 Å². The molecule has 1 aromatic rings. The predicted octanol–water partition coefficient (Wildman–Crippen LogP) is 4.03. The number of aromatic nitrogens is 1. The van der Waals surface area contributed by atoms with Gasteiger partial charge in [-0.3, -0.25) is 0 Å². The van der Waals surface area contributed by atoms with Gasteiger partial charge in [-0.05, 0) is 44.6 Å².